The van der Waals surface area contributed by atoms with Crippen LogP contribution in [0, 0.1) is 11.8 Å². The van der Waals surface area contributed by atoms with Crippen molar-refractivity contribution in [1.29, 1.82) is 0 Å². The lowest BCUT2D eigenvalue weighted by molar-refractivity contribution is -0.137. The van der Waals surface area contributed by atoms with Crippen molar-refractivity contribution in [2.24, 2.45) is 0 Å². The second-order valence-corrected chi connectivity index (χ2v) is 5.13. The summed E-state index contributed by atoms with van der Waals surface area (Å²) in [6, 6.07) is 12.2. The number of rotatable bonds is 4. The molecular weight excluding hydrogens is 347 g/mol. The van der Waals surface area contributed by atoms with Gasteiger partial charge in [-0.25, -0.2) is 4.79 Å². The minimum atomic E-state index is -4.46. The van der Waals surface area contributed by atoms with Crippen LogP contribution < -0.4 is 10.1 Å². The van der Waals surface area contributed by atoms with Crippen molar-refractivity contribution in [2.45, 2.75) is 12.8 Å². The number of alkyl carbamates (subject to hydrolysis) is 1. The SMILES string of the molecule is COc1cc(C(F)(F)F)ccc1C#CCNC(=O)OCc1ccccc1. The maximum Gasteiger partial charge on any atom is 0.416 e. The third kappa shape index (κ3) is 5.74. The Kier molecular flexibility index (Phi) is 6.50. The zero-order valence-electron chi connectivity index (χ0n) is 13.9. The average molecular weight is 363 g/mol. The van der Waals surface area contributed by atoms with Gasteiger partial charge in [0.1, 0.15) is 12.4 Å². The van der Waals surface area contributed by atoms with Crippen molar-refractivity contribution in [3.8, 4) is 17.6 Å². The van der Waals surface area contributed by atoms with Gasteiger partial charge >= 0.3 is 12.3 Å². The molecule has 1 amide bonds. The Hall–Kier alpha value is -3.14. The molecule has 0 atom stereocenters. The second-order valence-electron chi connectivity index (χ2n) is 5.13. The first kappa shape index (κ1) is 19.2. The number of ether oxygens (including phenoxy) is 2. The largest absolute Gasteiger partial charge is 0.495 e. The molecule has 0 unspecified atom stereocenters. The van der Waals surface area contributed by atoms with E-state index in [1.807, 2.05) is 30.3 Å². The minimum Gasteiger partial charge on any atom is -0.495 e. The molecule has 0 spiro atoms. The second kappa shape index (κ2) is 8.81. The summed E-state index contributed by atoms with van der Waals surface area (Å²) in [6.07, 6.45) is -5.09. The number of methoxy groups -OCH3 is 1. The molecular formula is C19H16F3NO3. The normalized spacial score (nSPS) is 10.5. The third-order valence-corrected chi connectivity index (χ3v) is 3.29. The first-order chi connectivity index (χ1) is 12.4. The van der Waals surface area contributed by atoms with Gasteiger partial charge in [-0.15, -0.1) is 0 Å². The van der Waals surface area contributed by atoms with Crippen LogP contribution in [0.3, 0.4) is 0 Å². The van der Waals surface area contributed by atoms with E-state index in [2.05, 4.69) is 17.2 Å². The quantitative estimate of drug-likeness (QED) is 0.836. The summed E-state index contributed by atoms with van der Waals surface area (Å²) in [5, 5.41) is 2.44. The Labute approximate surface area is 148 Å². The smallest absolute Gasteiger partial charge is 0.416 e. The lowest BCUT2D eigenvalue weighted by Crippen LogP contribution is -2.24. The number of amides is 1. The molecule has 0 saturated heterocycles. The van der Waals surface area contributed by atoms with Crippen LogP contribution in [0.25, 0.3) is 0 Å². The summed E-state index contributed by atoms with van der Waals surface area (Å²) in [4.78, 5) is 11.6. The Balaban J connectivity index is 1.88. The van der Waals surface area contributed by atoms with Crippen molar-refractivity contribution in [3.05, 3.63) is 65.2 Å². The Morgan fingerprint density at radius 3 is 2.54 bits per heavy atom. The van der Waals surface area contributed by atoms with E-state index in [-0.39, 0.29) is 18.9 Å². The van der Waals surface area contributed by atoms with Gasteiger partial charge in [-0.1, -0.05) is 42.2 Å². The Bertz CT molecular complexity index is 808. The fourth-order valence-electron chi connectivity index (χ4n) is 2.00. The molecule has 2 aromatic rings. The van der Waals surface area contributed by atoms with E-state index in [4.69, 9.17) is 9.47 Å². The maximum atomic E-state index is 12.7. The van der Waals surface area contributed by atoms with Crippen molar-refractivity contribution in [3.63, 3.8) is 0 Å². The number of hydrogen-bond donors (Lipinski definition) is 1. The number of carbonyl (C=O) groups is 1. The van der Waals surface area contributed by atoms with Gasteiger partial charge in [0.15, 0.2) is 0 Å². The van der Waals surface area contributed by atoms with Gasteiger partial charge in [-0.2, -0.15) is 13.2 Å². The molecule has 0 aromatic heterocycles. The third-order valence-electron chi connectivity index (χ3n) is 3.29. The molecule has 0 radical (unpaired) electrons. The molecule has 0 aliphatic carbocycles. The Morgan fingerprint density at radius 1 is 1.15 bits per heavy atom. The first-order valence-electron chi connectivity index (χ1n) is 7.59. The maximum absolute atomic E-state index is 12.7. The summed E-state index contributed by atoms with van der Waals surface area (Å²) >= 11 is 0. The molecule has 136 valence electrons. The van der Waals surface area contributed by atoms with E-state index in [9.17, 15) is 18.0 Å². The number of halogens is 3. The summed E-state index contributed by atoms with van der Waals surface area (Å²) < 4.78 is 48.0. The highest BCUT2D eigenvalue weighted by Gasteiger charge is 2.31. The van der Waals surface area contributed by atoms with Crippen LogP contribution in [0.15, 0.2) is 48.5 Å². The zero-order chi connectivity index (χ0) is 19.0. The van der Waals surface area contributed by atoms with Crippen LogP contribution in [0.2, 0.25) is 0 Å². The summed E-state index contributed by atoms with van der Waals surface area (Å²) in [6.45, 7) is 0.116. The first-order valence-corrected chi connectivity index (χ1v) is 7.59. The molecule has 7 heteroatoms. The number of alkyl halides is 3. The molecule has 4 nitrogen and oxygen atoms in total. The van der Waals surface area contributed by atoms with Gasteiger partial charge < -0.3 is 14.8 Å². The van der Waals surface area contributed by atoms with Gasteiger partial charge in [0.05, 0.1) is 24.8 Å². The molecule has 2 rings (SSSR count). The van der Waals surface area contributed by atoms with Crippen LogP contribution >= 0.6 is 0 Å². The standard InChI is InChI=1S/C19H16F3NO3/c1-25-17-12-16(19(20,21)22)10-9-15(17)8-5-11-23-18(24)26-13-14-6-3-2-4-7-14/h2-4,6-7,9-10,12H,11,13H2,1H3,(H,23,24). The highest BCUT2D eigenvalue weighted by molar-refractivity contribution is 5.67. The minimum absolute atomic E-state index is 0.0129. The molecule has 0 fully saturated rings. The van der Waals surface area contributed by atoms with Crippen LogP contribution in [0.1, 0.15) is 16.7 Å². The monoisotopic (exact) mass is 363 g/mol. The molecule has 0 aliphatic rings. The predicted molar refractivity (Wildman–Crippen MR) is 89.5 cm³/mol. The van der Waals surface area contributed by atoms with Gasteiger partial charge in [0.2, 0.25) is 0 Å². The average Bonchev–Trinajstić information content (AvgIpc) is 2.63. The number of benzene rings is 2. The molecule has 1 N–H and O–H groups in total. The van der Waals surface area contributed by atoms with Gasteiger partial charge in [-0.3, -0.25) is 0 Å². The summed E-state index contributed by atoms with van der Waals surface area (Å²) in [7, 11) is 1.26. The summed E-state index contributed by atoms with van der Waals surface area (Å²) in [5.41, 5.74) is 0.325. The van der Waals surface area contributed by atoms with Gasteiger partial charge in [0.25, 0.3) is 0 Å². The fourth-order valence-corrected chi connectivity index (χ4v) is 2.00. The number of hydrogen-bond acceptors (Lipinski definition) is 3. The molecule has 0 aliphatic heterocycles. The van der Waals surface area contributed by atoms with E-state index in [0.29, 0.717) is 5.56 Å². The molecule has 2 aromatic carbocycles. The topological polar surface area (TPSA) is 47.6 Å². The molecule has 0 bridgehead atoms. The van der Waals surface area contributed by atoms with Crippen LogP contribution in [0.5, 0.6) is 5.75 Å². The number of carbonyl (C=O) groups excluding carboxylic acids is 1. The van der Waals surface area contributed by atoms with Crippen molar-refractivity contribution >= 4 is 6.09 Å². The van der Waals surface area contributed by atoms with Gasteiger partial charge in [0, 0.05) is 0 Å². The highest BCUT2D eigenvalue weighted by Crippen LogP contribution is 2.32. The lowest BCUT2D eigenvalue weighted by atomic mass is 10.1. The summed E-state index contributed by atoms with van der Waals surface area (Å²) in [5.74, 6) is 5.31. The Morgan fingerprint density at radius 2 is 1.88 bits per heavy atom. The fraction of sp³-hybridized carbons (Fsp3) is 0.211. The van der Waals surface area contributed by atoms with E-state index < -0.39 is 17.8 Å². The van der Waals surface area contributed by atoms with Crippen molar-refractivity contribution in [1.82, 2.24) is 5.32 Å². The van der Waals surface area contributed by atoms with Crippen molar-refractivity contribution < 1.29 is 27.4 Å². The van der Waals surface area contributed by atoms with Crippen LogP contribution in [0.4, 0.5) is 18.0 Å². The van der Waals surface area contributed by atoms with Crippen LogP contribution in [-0.2, 0) is 17.5 Å². The highest BCUT2D eigenvalue weighted by atomic mass is 19.4. The molecule has 0 heterocycles. The van der Waals surface area contributed by atoms with Crippen LogP contribution in [-0.4, -0.2) is 19.7 Å². The zero-order valence-corrected chi connectivity index (χ0v) is 13.9. The predicted octanol–water partition coefficient (Wildman–Crippen LogP) is 3.99. The van der Waals surface area contributed by atoms with E-state index in [0.717, 1.165) is 17.7 Å². The molecule has 26 heavy (non-hydrogen) atoms. The molecule has 0 saturated carbocycles. The van der Waals surface area contributed by atoms with Gasteiger partial charge in [-0.05, 0) is 23.8 Å². The van der Waals surface area contributed by atoms with E-state index in [1.165, 1.54) is 13.2 Å². The number of nitrogens with one attached hydrogen (secondary N) is 1. The van der Waals surface area contributed by atoms with Crippen molar-refractivity contribution in [2.75, 3.05) is 13.7 Å². The van der Waals surface area contributed by atoms with E-state index in [1.54, 1.807) is 0 Å². The van der Waals surface area contributed by atoms with E-state index >= 15 is 0 Å². The lowest BCUT2D eigenvalue weighted by Gasteiger charge is -2.09.